The molecular weight excluding hydrogens is 334 g/mol. The number of methoxy groups -OCH3 is 2. The molecule has 6 heteroatoms. The minimum atomic E-state index is -1.44. The van der Waals surface area contributed by atoms with E-state index in [0.29, 0.717) is 12.2 Å². The van der Waals surface area contributed by atoms with E-state index >= 15 is 0 Å². The normalized spacial score (nSPS) is 13.8. The van der Waals surface area contributed by atoms with Crippen molar-refractivity contribution in [2.75, 3.05) is 21.0 Å². The van der Waals surface area contributed by atoms with Crippen LogP contribution in [0.4, 0.5) is 0 Å². The topological polar surface area (TPSA) is 87.8 Å². The molecule has 2 aromatic rings. The van der Waals surface area contributed by atoms with Gasteiger partial charge in [0.2, 0.25) is 0 Å². The van der Waals surface area contributed by atoms with Gasteiger partial charge < -0.3 is 19.9 Å². The molecule has 0 saturated carbocycles. The first-order valence-corrected chi connectivity index (χ1v) is 8.08. The van der Waals surface area contributed by atoms with Gasteiger partial charge in [0.05, 0.1) is 6.61 Å². The van der Waals surface area contributed by atoms with Crippen LogP contribution < -0.4 is 5.73 Å². The zero-order valence-electron chi connectivity index (χ0n) is 15.2. The Hall–Kier alpha value is -2.54. The molecule has 2 N–H and O–H groups in total. The van der Waals surface area contributed by atoms with Crippen LogP contribution in [0.25, 0.3) is 10.8 Å². The van der Waals surface area contributed by atoms with E-state index in [-0.39, 0.29) is 12.6 Å². The first-order valence-electron chi connectivity index (χ1n) is 8.08. The number of ketones is 1. The molecule has 1 atom stereocenters. The molecule has 0 spiro atoms. The Balaban J connectivity index is 2.38. The second kappa shape index (κ2) is 8.71. The van der Waals surface area contributed by atoms with E-state index in [1.165, 1.54) is 26.2 Å². The molecule has 0 aliphatic heterocycles. The number of fused-ring (bicyclic) bond motifs is 1. The first-order chi connectivity index (χ1) is 12.4. The van der Waals surface area contributed by atoms with Gasteiger partial charge in [0, 0.05) is 19.8 Å². The maximum Gasteiger partial charge on any atom is 0.253 e. The number of ether oxygens (including phenoxy) is 3. The summed E-state index contributed by atoms with van der Waals surface area (Å²) in [5.41, 5.74) is 5.21. The Morgan fingerprint density at radius 1 is 1.12 bits per heavy atom. The minimum absolute atomic E-state index is 0.122. The molecule has 0 aliphatic rings. The molecule has 0 saturated heterocycles. The average molecular weight is 357 g/mol. The maximum atomic E-state index is 12.7. The zero-order chi connectivity index (χ0) is 19.2. The molecule has 0 fully saturated rings. The third-order valence-electron chi connectivity index (χ3n) is 4.06. The van der Waals surface area contributed by atoms with Gasteiger partial charge in [0.15, 0.2) is 11.4 Å². The smallest absolute Gasteiger partial charge is 0.253 e. The van der Waals surface area contributed by atoms with E-state index in [4.69, 9.17) is 19.9 Å². The maximum absolute atomic E-state index is 12.7. The summed E-state index contributed by atoms with van der Waals surface area (Å²) in [6.45, 7) is 1.66. The highest BCUT2D eigenvalue weighted by Crippen LogP contribution is 2.22. The van der Waals surface area contributed by atoms with E-state index in [2.05, 4.69) is 0 Å². The predicted molar refractivity (Wildman–Crippen MR) is 98.7 cm³/mol. The molecule has 2 aromatic carbocycles. The van der Waals surface area contributed by atoms with E-state index < -0.39 is 11.5 Å². The lowest BCUT2D eigenvalue weighted by Gasteiger charge is -2.22. The van der Waals surface area contributed by atoms with Crippen LogP contribution >= 0.6 is 0 Å². The Morgan fingerprint density at radius 2 is 1.77 bits per heavy atom. The van der Waals surface area contributed by atoms with Crippen LogP contribution in [0.2, 0.25) is 0 Å². The summed E-state index contributed by atoms with van der Waals surface area (Å²) in [6.07, 6.45) is 2.64. The van der Waals surface area contributed by atoms with Gasteiger partial charge in [-0.3, -0.25) is 9.59 Å². The lowest BCUT2D eigenvalue weighted by molar-refractivity contribution is -0.148. The molecule has 26 heavy (non-hydrogen) atoms. The molecule has 1 amide bonds. The van der Waals surface area contributed by atoms with Crippen LogP contribution in [0.3, 0.4) is 0 Å². The second-order valence-electron chi connectivity index (χ2n) is 6.01. The van der Waals surface area contributed by atoms with E-state index in [1.54, 1.807) is 7.11 Å². The number of benzene rings is 2. The lowest BCUT2D eigenvalue weighted by Crippen LogP contribution is -2.42. The summed E-state index contributed by atoms with van der Waals surface area (Å²) >= 11 is 0. The van der Waals surface area contributed by atoms with Crippen molar-refractivity contribution in [3.63, 3.8) is 0 Å². The fourth-order valence-electron chi connectivity index (χ4n) is 2.50. The number of carbonyl (C=O) groups is 2. The number of primary amides is 1. The number of nitrogens with two attached hydrogens (primary N) is 1. The van der Waals surface area contributed by atoms with Gasteiger partial charge in [-0.1, -0.05) is 24.3 Å². The quantitative estimate of drug-likeness (QED) is 0.423. The van der Waals surface area contributed by atoms with Gasteiger partial charge in [-0.05, 0) is 47.5 Å². The third kappa shape index (κ3) is 4.54. The van der Waals surface area contributed by atoms with Gasteiger partial charge in [-0.2, -0.15) is 0 Å². The predicted octanol–water partition coefficient (Wildman–Crippen LogP) is 2.59. The lowest BCUT2D eigenvalue weighted by atomic mass is 9.97. The van der Waals surface area contributed by atoms with Crippen LogP contribution in [0.5, 0.6) is 0 Å². The van der Waals surface area contributed by atoms with Crippen molar-refractivity contribution in [1.82, 2.24) is 0 Å². The van der Waals surface area contributed by atoms with Crippen molar-refractivity contribution in [2.24, 2.45) is 5.73 Å². The molecule has 0 aliphatic carbocycles. The van der Waals surface area contributed by atoms with Crippen molar-refractivity contribution in [2.45, 2.75) is 19.1 Å². The Kier molecular flexibility index (Phi) is 6.63. The van der Waals surface area contributed by atoms with E-state index in [1.807, 2.05) is 36.4 Å². The molecule has 138 valence electrons. The van der Waals surface area contributed by atoms with Crippen molar-refractivity contribution < 1.29 is 23.8 Å². The van der Waals surface area contributed by atoms with E-state index in [0.717, 1.165) is 16.3 Å². The number of hydrogen-bond acceptors (Lipinski definition) is 5. The third-order valence-corrected chi connectivity index (χ3v) is 4.06. The number of amides is 1. The number of allylic oxidation sites excluding steroid dienone is 1. The van der Waals surface area contributed by atoms with Gasteiger partial charge >= 0.3 is 0 Å². The monoisotopic (exact) mass is 357 g/mol. The largest absolute Gasteiger partial charge is 0.380 e. The Morgan fingerprint density at radius 3 is 2.35 bits per heavy atom. The number of hydrogen-bond donors (Lipinski definition) is 1. The van der Waals surface area contributed by atoms with Crippen molar-refractivity contribution >= 4 is 22.5 Å². The first kappa shape index (κ1) is 19.8. The standard InChI is InChI=1S/C20H23NO5/c1-20(19(21)23,26-13-25-3)9-8-18(22)17-11-15-7-5-4-6-14(15)10-16(17)12-24-2/h4-11H,12-13H2,1-3H3,(H2,21,23)/b9-8+/t20-/m0/s1. The highest BCUT2D eigenvalue weighted by Gasteiger charge is 2.29. The fraction of sp³-hybridized carbons (Fsp3) is 0.300. The molecule has 6 nitrogen and oxygen atoms in total. The van der Waals surface area contributed by atoms with Gasteiger partial charge in [-0.15, -0.1) is 0 Å². The minimum Gasteiger partial charge on any atom is -0.380 e. The molecular formula is C20H23NO5. The summed E-state index contributed by atoms with van der Waals surface area (Å²) < 4.78 is 15.3. The SMILES string of the molecule is COCO[C@@](C)(/C=C/C(=O)c1cc2ccccc2cc1COC)C(N)=O. The summed E-state index contributed by atoms with van der Waals surface area (Å²) in [4.78, 5) is 24.4. The molecule has 0 bridgehead atoms. The van der Waals surface area contributed by atoms with Crippen molar-refractivity contribution in [3.05, 3.63) is 59.7 Å². The number of rotatable bonds is 9. The highest BCUT2D eigenvalue weighted by molar-refractivity contribution is 6.08. The van der Waals surface area contributed by atoms with E-state index in [9.17, 15) is 9.59 Å². The Bertz CT molecular complexity index is 830. The summed E-state index contributed by atoms with van der Waals surface area (Å²) in [5.74, 6) is -0.981. The van der Waals surface area contributed by atoms with Crippen LogP contribution in [0, 0.1) is 0 Å². The highest BCUT2D eigenvalue weighted by atomic mass is 16.7. The van der Waals surface area contributed by atoms with Gasteiger partial charge in [0.25, 0.3) is 5.91 Å². The van der Waals surface area contributed by atoms with Crippen molar-refractivity contribution in [3.8, 4) is 0 Å². The molecule has 0 heterocycles. The summed E-state index contributed by atoms with van der Waals surface area (Å²) in [7, 11) is 3.00. The van der Waals surface area contributed by atoms with Gasteiger partial charge in [-0.25, -0.2) is 0 Å². The molecule has 0 unspecified atom stereocenters. The van der Waals surface area contributed by atoms with Crippen LogP contribution in [0.15, 0.2) is 48.6 Å². The van der Waals surface area contributed by atoms with Crippen LogP contribution in [0.1, 0.15) is 22.8 Å². The summed E-state index contributed by atoms with van der Waals surface area (Å²) in [6, 6.07) is 11.5. The Labute approximate surface area is 152 Å². The van der Waals surface area contributed by atoms with Gasteiger partial charge in [0.1, 0.15) is 6.79 Å². The molecule has 2 rings (SSSR count). The number of carbonyl (C=O) groups excluding carboxylic acids is 2. The van der Waals surface area contributed by atoms with Crippen molar-refractivity contribution in [1.29, 1.82) is 0 Å². The molecule has 0 aromatic heterocycles. The zero-order valence-corrected chi connectivity index (χ0v) is 15.2. The average Bonchev–Trinajstić information content (AvgIpc) is 2.64. The fourth-order valence-corrected chi connectivity index (χ4v) is 2.50. The summed E-state index contributed by atoms with van der Waals surface area (Å²) in [5, 5.41) is 1.96. The molecule has 0 radical (unpaired) electrons. The second-order valence-corrected chi connectivity index (χ2v) is 6.01. The van der Waals surface area contributed by atoms with Crippen LogP contribution in [-0.2, 0) is 25.6 Å². The van der Waals surface area contributed by atoms with Crippen LogP contribution in [-0.4, -0.2) is 38.3 Å².